The summed E-state index contributed by atoms with van der Waals surface area (Å²) in [7, 11) is -2.08. The molecule has 7 heteroatoms. The Kier molecular flexibility index (Phi) is 11.3. The van der Waals surface area contributed by atoms with Gasteiger partial charge in [0.15, 0.2) is 14.1 Å². The predicted molar refractivity (Wildman–Crippen MR) is 152 cm³/mol. The fourth-order valence-electron chi connectivity index (χ4n) is 5.71. The van der Waals surface area contributed by atoms with Gasteiger partial charge in [-0.25, -0.2) is 0 Å². The smallest absolute Gasteiger partial charge is 0.305 e. The van der Waals surface area contributed by atoms with E-state index >= 15 is 0 Å². The molecule has 0 amide bonds. The van der Waals surface area contributed by atoms with Gasteiger partial charge in [0.1, 0.15) is 0 Å². The topological polar surface area (TPSA) is 74.2 Å². The summed E-state index contributed by atoms with van der Waals surface area (Å²) < 4.78 is 26.3. The Hall–Kier alpha value is -0.473. The third-order valence-electron chi connectivity index (χ3n) is 9.00. The Balaban J connectivity index is 2.06. The predicted octanol–water partition coefficient (Wildman–Crippen LogP) is 7.66. The van der Waals surface area contributed by atoms with Crippen molar-refractivity contribution in [1.29, 1.82) is 0 Å². The van der Waals surface area contributed by atoms with Crippen molar-refractivity contribution in [2.24, 2.45) is 23.2 Å². The first-order valence-electron chi connectivity index (χ1n) is 14.7. The monoisotopic (exact) mass is 542 g/mol. The van der Waals surface area contributed by atoms with E-state index in [1.165, 1.54) is 6.42 Å². The quantitative estimate of drug-likeness (QED) is 0.270. The molecule has 6 nitrogen and oxygen atoms in total. The molecular formula is C30H58O6Si. The Morgan fingerprint density at radius 2 is 1.76 bits per heavy atom. The first-order chi connectivity index (χ1) is 16.9. The lowest BCUT2D eigenvalue weighted by molar-refractivity contribution is -0.342. The van der Waals surface area contributed by atoms with Crippen LogP contribution < -0.4 is 0 Å². The molecule has 37 heavy (non-hydrogen) atoms. The molecule has 0 aromatic heterocycles. The third kappa shape index (κ3) is 9.30. The molecule has 1 unspecified atom stereocenters. The van der Waals surface area contributed by atoms with Crippen molar-refractivity contribution in [3.63, 3.8) is 0 Å². The molecule has 1 aliphatic heterocycles. The Morgan fingerprint density at radius 3 is 2.30 bits per heavy atom. The minimum atomic E-state index is -2.08. The van der Waals surface area contributed by atoms with Crippen molar-refractivity contribution in [3.8, 4) is 0 Å². The first-order valence-corrected chi connectivity index (χ1v) is 17.6. The van der Waals surface area contributed by atoms with E-state index in [4.69, 9.17) is 18.6 Å². The summed E-state index contributed by atoms with van der Waals surface area (Å²) in [5, 5.41) is 9.53. The number of rotatable bonds is 11. The van der Waals surface area contributed by atoms with E-state index in [2.05, 4.69) is 75.4 Å². The molecule has 0 aromatic rings. The van der Waals surface area contributed by atoms with Crippen LogP contribution in [0.5, 0.6) is 0 Å². The summed E-state index contributed by atoms with van der Waals surface area (Å²) in [5.41, 5.74) is -0.0608. The Labute approximate surface area is 228 Å². The van der Waals surface area contributed by atoms with Crippen LogP contribution in [0.3, 0.4) is 0 Å². The summed E-state index contributed by atoms with van der Waals surface area (Å²) in [6.07, 6.45) is 5.42. The molecule has 6 atom stereocenters. The number of aliphatic carboxylic acids is 1. The van der Waals surface area contributed by atoms with E-state index in [9.17, 15) is 9.90 Å². The summed E-state index contributed by atoms with van der Waals surface area (Å²) in [6.45, 7) is 25.7. The van der Waals surface area contributed by atoms with Crippen molar-refractivity contribution in [1.82, 2.24) is 0 Å². The van der Waals surface area contributed by atoms with Gasteiger partial charge in [0.2, 0.25) is 0 Å². The number of carboxylic acids is 1. The molecule has 1 spiro atoms. The van der Waals surface area contributed by atoms with Gasteiger partial charge in [-0.1, -0.05) is 68.7 Å². The Bertz CT molecular complexity index is 725. The van der Waals surface area contributed by atoms with Gasteiger partial charge < -0.3 is 23.7 Å². The van der Waals surface area contributed by atoms with Crippen LogP contribution in [-0.2, 0) is 23.4 Å². The standard InChI is InChI=1S/C30H58O6Si/c1-21(2)25-13-12-22(3)20-30(25)34-17-15-23(35-30)18-26(28(4,5)6)33-16-14-24(19-27(31)32)36-37(10,11)29(7,8)9/h21-26H,12-20H2,1-11H3,(H,31,32)/t22-,23+,24-,25+,26+,30?/m1/s1. The maximum absolute atomic E-state index is 11.6. The van der Waals surface area contributed by atoms with Crippen LogP contribution in [0.15, 0.2) is 0 Å². The van der Waals surface area contributed by atoms with Crippen molar-refractivity contribution >= 4 is 14.3 Å². The molecule has 2 rings (SSSR count). The van der Waals surface area contributed by atoms with Gasteiger partial charge in [0.05, 0.1) is 31.3 Å². The van der Waals surface area contributed by atoms with Crippen LogP contribution in [0.4, 0.5) is 0 Å². The van der Waals surface area contributed by atoms with Crippen LogP contribution in [0.2, 0.25) is 18.1 Å². The lowest BCUT2D eigenvalue weighted by Gasteiger charge is -2.52. The average Bonchev–Trinajstić information content (AvgIpc) is 2.70. The van der Waals surface area contributed by atoms with Crippen molar-refractivity contribution in [2.75, 3.05) is 13.2 Å². The number of carbonyl (C=O) groups is 1. The summed E-state index contributed by atoms with van der Waals surface area (Å²) in [4.78, 5) is 11.6. The summed E-state index contributed by atoms with van der Waals surface area (Å²) in [5.74, 6) is 0.257. The van der Waals surface area contributed by atoms with Gasteiger partial charge in [-0.2, -0.15) is 0 Å². The lowest BCUT2D eigenvalue weighted by Crippen LogP contribution is -2.55. The lowest BCUT2D eigenvalue weighted by atomic mass is 9.72. The van der Waals surface area contributed by atoms with Crippen LogP contribution >= 0.6 is 0 Å². The Morgan fingerprint density at radius 1 is 1.11 bits per heavy atom. The van der Waals surface area contributed by atoms with Gasteiger partial charge in [-0.15, -0.1) is 0 Å². The zero-order valence-corrected chi connectivity index (χ0v) is 26.8. The van der Waals surface area contributed by atoms with Gasteiger partial charge in [0, 0.05) is 25.4 Å². The molecule has 218 valence electrons. The van der Waals surface area contributed by atoms with Gasteiger partial charge in [0.25, 0.3) is 0 Å². The maximum atomic E-state index is 11.6. The van der Waals surface area contributed by atoms with Gasteiger partial charge in [-0.05, 0) is 54.6 Å². The van der Waals surface area contributed by atoms with Gasteiger partial charge >= 0.3 is 5.97 Å². The van der Waals surface area contributed by atoms with E-state index in [1.54, 1.807) is 0 Å². The largest absolute Gasteiger partial charge is 0.481 e. The molecule has 1 aliphatic carbocycles. The second kappa shape index (κ2) is 12.8. The highest BCUT2D eigenvalue weighted by molar-refractivity contribution is 6.74. The highest BCUT2D eigenvalue weighted by atomic mass is 28.4. The van der Waals surface area contributed by atoms with E-state index in [0.29, 0.717) is 30.8 Å². The minimum absolute atomic E-state index is 0.00418. The highest BCUT2D eigenvalue weighted by Gasteiger charge is 2.50. The van der Waals surface area contributed by atoms with E-state index in [0.717, 1.165) is 32.3 Å². The molecule has 0 aromatic carbocycles. The van der Waals surface area contributed by atoms with Crippen LogP contribution in [-0.4, -0.2) is 56.7 Å². The normalized spacial score (nSPS) is 29.5. The molecule has 2 fully saturated rings. The average molecular weight is 543 g/mol. The first kappa shape index (κ1) is 32.7. The van der Waals surface area contributed by atoms with Crippen molar-refractivity contribution in [3.05, 3.63) is 0 Å². The number of hydrogen-bond donors (Lipinski definition) is 1. The van der Waals surface area contributed by atoms with Gasteiger partial charge in [-0.3, -0.25) is 4.79 Å². The number of hydrogen-bond acceptors (Lipinski definition) is 5. The molecule has 2 aliphatic rings. The highest BCUT2D eigenvalue weighted by Crippen LogP contribution is 2.47. The SMILES string of the molecule is CC(C)[C@@H]1CC[C@@H](C)CC12OCC[C@@H](C[C@H](OCC[C@H](CC(=O)O)O[Si](C)(C)C(C)(C)C)C(C)(C)C)O2. The zero-order valence-electron chi connectivity index (χ0n) is 25.8. The third-order valence-corrected chi connectivity index (χ3v) is 13.5. The van der Waals surface area contributed by atoms with Crippen LogP contribution in [0.25, 0.3) is 0 Å². The second-order valence-electron chi connectivity index (χ2n) is 14.8. The molecule has 1 heterocycles. The zero-order chi connectivity index (χ0) is 28.2. The fraction of sp³-hybridized carbons (Fsp3) is 0.967. The van der Waals surface area contributed by atoms with E-state index in [-0.39, 0.29) is 35.2 Å². The second-order valence-corrected chi connectivity index (χ2v) is 19.5. The van der Waals surface area contributed by atoms with Crippen LogP contribution in [0, 0.1) is 23.2 Å². The number of carboxylic acid groups (broad SMARTS) is 1. The summed E-state index contributed by atoms with van der Waals surface area (Å²) >= 11 is 0. The number of ether oxygens (including phenoxy) is 3. The maximum Gasteiger partial charge on any atom is 0.305 e. The van der Waals surface area contributed by atoms with E-state index in [1.807, 2.05) is 0 Å². The molecular weight excluding hydrogens is 484 g/mol. The van der Waals surface area contributed by atoms with Crippen molar-refractivity contribution < 1.29 is 28.5 Å². The summed E-state index contributed by atoms with van der Waals surface area (Å²) in [6, 6.07) is 0. The van der Waals surface area contributed by atoms with E-state index < -0.39 is 20.1 Å². The fourth-order valence-corrected chi connectivity index (χ4v) is 7.10. The molecule has 1 saturated heterocycles. The minimum Gasteiger partial charge on any atom is -0.481 e. The molecule has 1 N–H and O–H groups in total. The van der Waals surface area contributed by atoms with Crippen LogP contribution in [0.1, 0.15) is 107 Å². The molecule has 1 saturated carbocycles. The molecule has 0 bridgehead atoms. The van der Waals surface area contributed by atoms with Crippen molar-refractivity contribution in [2.45, 2.75) is 149 Å². The molecule has 0 radical (unpaired) electrons.